The van der Waals surface area contributed by atoms with Crippen LogP contribution in [0.3, 0.4) is 0 Å². The second kappa shape index (κ2) is 4.99. The smallest absolute Gasteiger partial charge is 0.276 e. The Morgan fingerprint density at radius 1 is 1.32 bits per heavy atom. The topological polar surface area (TPSA) is 77.8 Å². The number of nitrogens with zero attached hydrogens (tertiary/aromatic N) is 3. The number of rotatable bonds is 3. The van der Waals surface area contributed by atoms with Crippen molar-refractivity contribution in [2.45, 2.75) is 38.5 Å². The molecule has 3 rings (SSSR count). The van der Waals surface area contributed by atoms with Crippen molar-refractivity contribution in [1.82, 2.24) is 15.1 Å². The molecule has 1 saturated carbocycles. The van der Waals surface area contributed by atoms with E-state index in [0.29, 0.717) is 23.3 Å². The van der Waals surface area contributed by atoms with Crippen molar-refractivity contribution in [3.8, 4) is 11.6 Å². The maximum absolute atomic E-state index is 5.66. The predicted molar refractivity (Wildman–Crippen MR) is 72.3 cm³/mol. The van der Waals surface area contributed by atoms with E-state index in [1.54, 1.807) is 6.07 Å². The molecule has 2 atom stereocenters. The minimum Gasteiger partial charge on any atom is -0.384 e. The lowest BCUT2D eigenvalue weighted by Gasteiger charge is -2.04. The molecular weight excluding hydrogens is 240 g/mol. The second-order valence-electron chi connectivity index (χ2n) is 5.19. The summed E-state index contributed by atoms with van der Waals surface area (Å²) in [5, 5.41) is 4.11. The normalized spacial score (nSPS) is 22.8. The third kappa shape index (κ3) is 2.45. The first-order valence-corrected chi connectivity index (χ1v) is 6.82. The summed E-state index contributed by atoms with van der Waals surface area (Å²) in [6.07, 6.45) is 4.82. The van der Waals surface area contributed by atoms with Crippen LogP contribution in [0, 0.1) is 5.92 Å². The third-order valence-corrected chi connectivity index (χ3v) is 3.92. The molecule has 0 radical (unpaired) electrons. The van der Waals surface area contributed by atoms with Crippen LogP contribution in [0.5, 0.6) is 0 Å². The first-order valence-electron chi connectivity index (χ1n) is 6.82. The third-order valence-electron chi connectivity index (χ3n) is 3.92. The average molecular weight is 258 g/mol. The summed E-state index contributed by atoms with van der Waals surface area (Å²) in [6.45, 7) is 2.24. The summed E-state index contributed by atoms with van der Waals surface area (Å²) < 4.78 is 5.31. The Morgan fingerprint density at radius 3 is 2.95 bits per heavy atom. The highest BCUT2D eigenvalue weighted by molar-refractivity contribution is 5.50. The van der Waals surface area contributed by atoms with E-state index in [1.165, 1.54) is 19.3 Å². The van der Waals surface area contributed by atoms with Gasteiger partial charge in [0, 0.05) is 5.92 Å². The van der Waals surface area contributed by atoms with E-state index in [-0.39, 0.29) is 0 Å². The molecule has 0 spiro atoms. The molecule has 0 aromatic carbocycles. The maximum atomic E-state index is 5.66. The fraction of sp³-hybridized carbons (Fsp3) is 0.500. The van der Waals surface area contributed by atoms with Gasteiger partial charge < -0.3 is 10.3 Å². The Bertz CT molecular complexity index is 566. The number of nitrogens with two attached hydrogens (primary N) is 1. The Kier molecular flexibility index (Phi) is 3.19. The van der Waals surface area contributed by atoms with Crippen LogP contribution in [0.2, 0.25) is 0 Å². The van der Waals surface area contributed by atoms with Gasteiger partial charge in [-0.1, -0.05) is 24.6 Å². The van der Waals surface area contributed by atoms with E-state index in [0.717, 1.165) is 18.2 Å². The molecule has 2 heterocycles. The number of nitrogen functional groups attached to an aromatic ring is 1. The number of pyridine rings is 1. The highest BCUT2D eigenvalue weighted by Crippen LogP contribution is 2.38. The minimum absolute atomic E-state index is 0.434. The van der Waals surface area contributed by atoms with E-state index in [2.05, 4.69) is 22.0 Å². The quantitative estimate of drug-likeness (QED) is 0.915. The van der Waals surface area contributed by atoms with Gasteiger partial charge in [0.1, 0.15) is 11.5 Å². The molecular formula is C14H18N4O. The van der Waals surface area contributed by atoms with Crippen molar-refractivity contribution < 1.29 is 4.52 Å². The first kappa shape index (κ1) is 12.1. The standard InChI is InChI=1S/C14H18N4O/c1-2-9-6-7-10(8-9)13-17-14(19-18-13)11-4-3-5-12(15)16-11/h3-5,9-10H,2,6-8H2,1H3,(H2,15,16). The van der Waals surface area contributed by atoms with Crippen LogP contribution in [0.15, 0.2) is 22.7 Å². The van der Waals surface area contributed by atoms with Gasteiger partial charge in [-0.2, -0.15) is 4.98 Å². The summed E-state index contributed by atoms with van der Waals surface area (Å²) in [5.41, 5.74) is 6.30. The molecule has 0 saturated heterocycles. The van der Waals surface area contributed by atoms with Crippen LogP contribution >= 0.6 is 0 Å². The highest BCUT2D eigenvalue weighted by Gasteiger charge is 2.28. The Balaban J connectivity index is 1.80. The van der Waals surface area contributed by atoms with Gasteiger partial charge in [-0.3, -0.25) is 0 Å². The summed E-state index contributed by atoms with van der Waals surface area (Å²) in [6, 6.07) is 5.41. The summed E-state index contributed by atoms with van der Waals surface area (Å²) in [5.74, 6) is 2.97. The Morgan fingerprint density at radius 2 is 2.21 bits per heavy atom. The van der Waals surface area contributed by atoms with Crippen molar-refractivity contribution >= 4 is 5.82 Å². The fourth-order valence-corrected chi connectivity index (χ4v) is 2.76. The lowest BCUT2D eigenvalue weighted by molar-refractivity contribution is 0.412. The second-order valence-corrected chi connectivity index (χ2v) is 5.19. The number of hydrogen-bond donors (Lipinski definition) is 1. The predicted octanol–water partition coefficient (Wildman–Crippen LogP) is 3.01. The minimum atomic E-state index is 0.434. The molecule has 2 aromatic heterocycles. The van der Waals surface area contributed by atoms with Crippen molar-refractivity contribution in [2.24, 2.45) is 5.92 Å². The molecule has 2 aromatic rings. The van der Waals surface area contributed by atoms with Gasteiger partial charge in [0.2, 0.25) is 0 Å². The van der Waals surface area contributed by atoms with E-state index in [9.17, 15) is 0 Å². The van der Waals surface area contributed by atoms with Crippen LogP contribution in [0.25, 0.3) is 11.6 Å². The van der Waals surface area contributed by atoms with Crippen LogP contribution in [0.1, 0.15) is 44.3 Å². The van der Waals surface area contributed by atoms with Gasteiger partial charge in [-0.05, 0) is 37.3 Å². The van der Waals surface area contributed by atoms with Crippen molar-refractivity contribution in [2.75, 3.05) is 5.73 Å². The molecule has 1 aliphatic rings. The molecule has 1 aliphatic carbocycles. The van der Waals surface area contributed by atoms with Crippen molar-refractivity contribution in [1.29, 1.82) is 0 Å². The van der Waals surface area contributed by atoms with E-state index in [4.69, 9.17) is 10.3 Å². The first-order chi connectivity index (χ1) is 9.26. The molecule has 19 heavy (non-hydrogen) atoms. The van der Waals surface area contributed by atoms with Gasteiger partial charge in [0.05, 0.1) is 0 Å². The van der Waals surface area contributed by atoms with Crippen molar-refractivity contribution in [3.05, 3.63) is 24.0 Å². The zero-order chi connectivity index (χ0) is 13.2. The Labute approximate surface area is 112 Å². The lowest BCUT2D eigenvalue weighted by atomic mass is 10.0. The molecule has 5 heteroatoms. The van der Waals surface area contributed by atoms with Gasteiger partial charge >= 0.3 is 0 Å². The van der Waals surface area contributed by atoms with Crippen LogP contribution in [-0.2, 0) is 0 Å². The van der Waals surface area contributed by atoms with Crippen LogP contribution in [0.4, 0.5) is 5.82 Å². The average Bonchev–Trinajstić information content (AvgIpc) is 3.07. The highest BCUT2D eigenvalue weighted by atomic mass is 16.5. The molecule has 2 N–H and O–H groups in total. The SMILES string of the molecule is CCC1CCC(c2noc(-c3cccc(N)n3)n2)C1. The molecule has 2 unspecified atom stereocenters. The van der Waals surface area contributed by atoms with E-state index < -0.39 is 0 Å². The monoisotopic (exact) mass is 258 g/mol. The molecule has 0 amide bonds. The molecule has 5 nitrogen and oxygen atoms in total. The fourth-order valence-electron chi connectivity index (χ4n) is 2.76. The molecule has 100 valence electrons. The van der Waals surface area contributed by atoms with Gasteiger partial charge in [-0.15, -0.1) is 0 Å². The van der Waals surface area contributed by atoms with Gasteiger partial charge in [0.25, 0.3) is 5.89 Å². The van der Waals surface area contributed by atoms with Gasteiger partial charge in [-0.25, -0.2) is 4.98 Å². The van der Waals surface area contributed by atoms with Crippen molar-refractivity contribution in [3.63, 3.8) is 0 Å². The lowest BCUT2D eigenvalue weighted by Crippen LogP contribution is -1.97. The molecule has 1 fully saturated rings. The maximum Gasteiger partial charge on any atom is 0.276 e. The van der Waals surface area contributed by atoms with E-state index >= 15 is 0 Å². The number of aromatic nitrogens is 3. The number of anilines is 1. The summed E-state index contributed by atoms with van der Waals surface area (Å²) in [4.78, 5) is 8.67. The summed E-state index contributed by atoms with van der Waals surface area (Å²) >= 11 is 0. The van der Waals surface area contributed by atoms with Crippen LogP contribution < -0.4 is 5.73 Å². The zero-order valence-corrected chi connectivity index (χ0v) is 11.0. The Hall–Kier alpha value is -1.91. The number of hydrogen-bond acceptors (Lipinski definition) is 5. The largest absolute Gasteiger partial charge is 0.384 e. The molecule has 0 bridgehead atoms. The molecule has 0 aliphatic heterocycles. The summed E-state index contributed by atoms with van der Waals surface area (Å²) in [7, 11) is 0. The zero-order valence-electron chi connectivity index (χ0n) is 11.0. The van der Waals surface area contributed by atoms with Crippen LogP contribution in [-0.4, -0.2) is 15.1 Å². The van der Waals surface area contributed by atoms with Gasteiger partial charge in [0.15, 0.2) is 5.82 Å². The van der Waals surface area contributed by atoms with E-state index in [1.807, 2.05) is 12.1 Å².